The predicted molar refractivity (Wildman–Crippen MR) is 55.2 cm³/mol. The topological polar surface area (TPSA) is 95.5 Å². The normalized spacial score (nSPS) is 22.5. The van der Waals surface area contributed by atoms with Gasteiger partial charge in [-0.25, -0.2) is 0 Å². The molecule has 1 saturated heterocycles. The minimum absolute atomic E-state index is 0.176. The van der Waals surface area contributed by atoms with E-state index < -0.39 is 18.1 Å². The Bertz CT molecular complexity index is 301. The molecule has 0 bridgehead atoms. The zero-order chi connectivity index (χ0) is 12.1. The smallest absolute Gasteiger partial charge is 0.249 e. The SMILES string of the molecule is CC(O)CCC(=O)NC1CCC(=O)NC1=O. The first kappa shape index (κ1) is 12.6. The van der Waals surface area contributed by atoms with Crippen LogP contribution >= 0.6 is 0 Å². The van der Waals surface area contributed by atoms with Gasteiger partial charge in [0, 0.05) is 12.8 Å². The number of piperidine rings is 1. The van der Waals surface area contributed by atoms with Crippen molar-refractivity contribution in [3.05, 3.63) is 0 Å². The Balaban J connectivity index is 2.33. The first-order chi connectivity index (χ1) is 7.49. The van der Waals surface area contributed by atoms with E-state index >= 15 is 0 Å². The van der Waals surface area contributed by atoms with Gasteiger partial charge < -0.3 is 10.4 Å². The van der Waals surface area contributed by atoms with Crippen molar-refractivity contribution in [3.63, 3.8) is 0 Å². The number of rotatable bonds is 4. The summed E-state index contributed by atoms with van der Waals surface area (Å²) in [7, 11) is 0. The highest BCUT2D eigenvalue weighted by atomic mass is 16.3. The molecular formula is C10H16N2O4. The van der Waals surface area contributed by atoms with Gasteiger partial charge in [-0.3, -0.25) is 19.7 Å². The molecule has 1 heterocycles. The van der Waals surface area contributed by atoms with Gasteiger partial charge in [0.15, 0.2) is 0 Å². The molecule has 0 aromatic rings. The Morgan fingerprint density at radius 1 is 1.62 bits per heavy atom. The number of imide groups is 1. The molecule has 3 amide bonds. The quantitative estimate of drug-likeness (QED) is 0.542. The van der Waals surface area contributed by atoms with Crippen LogP contribution in [0.15, 0.2) is 0 Å². The van der Waals surface area contributed by atoms with Gasteiger partial charge in [0.05, 0.1) is 6.10 Å². The van der Waals surface area contributed by atoms with E-state index in [4.69, 9.17) is 5.11 Å². The van der Waals surface area contributed by atoms with Crippen LogP contribution in [0, 0.1) is 0 Å². The summed E-state index contributed by atoms with van der Waals surface area (Å²) in [5.74, 6) is -1.04. The summed E-state index contributed by atoms with van der Waals surface area (Å²) in [4.78, 5) is 33.5. The lowest BCUT2D eigenvalue weighted by molar-refractivity contribution is -0.137. The molecule has 0 aromatic heterocycles. The fourth-order valence-corrected chi connectivity index (χ4v) is 1.44. The standard InChI is InChI=1S/C10H16N2O4/c1-6(13)2-4-8(14)11-7-3-5-9(15)12-10(7)16/h6-7,13H,2-5H2,1H3,(H,11,14)(H,12,15,16). The average molecular weight is 228 g/mol. The number of hydrogen-bond donors (Lipinski definition) is 3. The van der Waals surface area contributed by atoms with E-state index in [0.29, 0.717) is 12.8 Å². The van der Waals surface area contributed by atoms with Crippen LogP contribution in [0.25, 0.3) is 0 Å². The second kappa shape index (κ2) is 5.60. The molecule has 0 saturated carbocycles. The van der Waals surface area contributed by atoms with Crippen LogP contribution in [0.1, 0.15) is 32.6 Å². The van der Waals surface area contributed by atoms with Crippen molar-refractivity contribution in [1.82, 2.24) is 10.6 Å². The second-order valence-electron chi connectivity index (χ2n) is 3.96. The van der Waals surface area contributed by atoms with Crippen LogP contribution in [0.2, 0.25) is 0 Å². The molecule has 6 heteroatoms. The molecule has 1 aliphatic rings. The Hall–Kier alpha value is -1.43. The van der Waals surface area contributed by atoms with Crippen molar-refractivity contribution in [2.24, 2.45) is 0 Å². The van der Waals surface area contributed by atoms with Crippen molar-refractivity contribution in [3.8, 4) is 0 Å². The highest BCUT2D eigenvalue weighted by Gasteiger charge is 2.27. The molecule has 1 rings (SSSR count). The van der Waals surface area contributed by atoms with Gasteiger partial charge in [-0.1, -0.05) is 0 Å². The summed E-state index contributed by atoms with van der Waals surface area (Å²) in [5, 5.41) is 13.7. The van der Waals surface area contributed by atoms with Gasteiger partial charge >= 0.3 is 0 Å². The minimum atomic E-state index is -0.626. The molecule has 2 unspecified atom stereocenters. The van der Waals surface area contributed by atoms with Crippen molar-refractivity contribution < 1.29 is 19.5 Å². The molecule has 0 spiro atoms. The number of nitrogens with one attached hydrogen (secondary N) is 2. The molecule has 90 valence electrons. The largest absolute Gasteiger partial charge is 0.393 e. The number of amides is 3. The molecule has 0 aromatic carbocycles. The van der Waals surface area contributed by atoms with Gasteiger partial charge in [-0.15, -0.1) is 0 Å². The fourth-order valence-electron chi connectivity index (χ4n) is 1.44. The second-order valence-corrected chi connectivity index (χ2v) is 3.96. The summed E-state index contributed by atoms with van der Waals surface area (Å²) < 4.78 is 0. The van der Waals surface area contributed by atoms with Crippen LogP contribution < -0.4 is 10.6 Å². The minimum Gasteiger partial charge on any atom is -0.393 e. The first-order valence-corrected chi connectivity index (χ1v) is 5.30. The molecule has 1 aliphatic heterocycles. The van der Waals surface area contributed by atoms with Crippen molar-refractivity contribution >= 4 is 17.7 Å². The van der Waals surface area contributed by atoms with E-state index in [1.165, 1.54) is 0 Å². The van der Waals surface area contributed by atoms with E-state index in [2.05, 4.69) is 10.6 Å². The predicted octanol–water partition coefficient (Wildman–Crippen LogP) is -0.931. The van der Waals surface area contributed by atoms with E-state index in [0.717, 1.165) is 0 Å². The number of aliphatic hydroxyl groups excluding tert-OH is 1. The molecule has 1 fully saturated rings. The van der Waals surface area contributed by atoms with Gasteiger partial charge in [0.25, 0.3) is 0 Å². The lowest BCUT2D eigenvalue weighted by Crippen LogP contribution is -2.52. The van der Waals surface area contributed by atoms with Gasteiger partial charge in [-0.05, 0) is 19.8 Å². The van der Waals surface area contributed by atoms with E-state index in [1.54, 1.807) is 6.92 Å². The average Bonchev–Trinajstić information content (AvgIpc) is 2.19. The first-order valence-electron chi connectivity index (χ1n) is 5.30. The number of carbonyl (C=O) groups is 3. The molecule has 0 aliphatic carbocycles. The highest BCUT2D eigenvalue weighted by Crippen LogP contribution is 2.05. The van der Waals surface area contributed by atoms with E-state index in [1.807, 2.05) is 0 Å². The Kier molecular flexibility index (Phi) is 4.42. The molecule has 2 atom stereocenters. The summed E-state index contributed by atoms with van der Waals surface area (Å²) in [5.41, 5.74) is 0. The van der Waals surface area contributed by atoms with Gasteiger partial charge in [0.2, 0.25) is 17.7 Å². The number of hydrogen-bond acceptors (Lipinski definition) is 4. The van der Waals surface area contributed by atoms with Crippen molar-refractivity contribution in [1.29, 1.82) is 0 Å². The monoisotopic (exact) mass is 228 g/mol. The summed E-state index contributed by atoms with van der Waals surface area (Å²) in [6.07, 6.45) is 0.583. The third kappa shape index (κ3) is 3.98. The van der Waals surface area contributed by atoms with Gasteiger partial charge in [-0.2, -0.15) is 0 Å². The Morgan fingerprint density at radius 3 is 2.88 bits per heavy atom. The van der Waals surface area contributed by atoms with Crippen LogP contribution in [0.3, 0.4) is 0 Å². The molecule has 0 radical (unpaired) electrons. The maximum Gasteiger partial charge on any atom is 0.249 e. The van der Waals surface area contributed by atoms with E-state index in [-0.39, 0.29) is 24.7 Å². The lowest BCUT2D eigenvalue weighted by atomic mass is 10.1. The van der Waals surface area contributed by atoms with Crippen LogP contribution in [0.5, 0.6) is 0 Å². The summed E-state index contributed by atoms with van der Waals surface area (Å²) in [6, 6.07) is -0.626. The molecular weight excluding hydrogens is 212 g/mol. The zero-order valence-corrected chi connectivity index (χ0v) is 9.16. The molecule has 16 heavy (non-hydrogen) atoms. The highest BCUT2D eigenvalue weighted by molar-refractivity contribution is 6.01. The number of aliphatic hydroxyl groups is 1. The number of carbonyl (C=O) groups excluding carboxylic acids is 3. The van der Waals surface area contributed by atoms with Crippen molar-refractivity contribution in [2.45, 2.75) is 44.8 Å². The Morgan fingerprint density at radius 2 is 2.31 bits per heavy atom. The van der Waals surface area contributed by atoms with Crippen LogP contribution in [-0.2, 0) is 14.4 Å². The van der Waals surface area contributed by atoms with Crippen molar-refractivity contribution in [2.75, 3.05) is 0 Å². The summed E-state index contributed by atoms with van der Waals surface area (Å²) in [6.45, 7) is 1.60. The maximum atomic E-state index is 11.4. The lowest BCUT2D eigenvalue weighted by Gasteiger charge is -2.21. The van der Waals surface area contributed by atoms with Gasteiger partial charge in [0.1, 0.15) is 6.04 Å². The molecule has 3 N–H and O–H groups in total. The third-order valence-corrected chi connectivity index (χ3v) is 2.36. The molecule has 6 nitrogen and oxygen atoms in total. The third-order valence-electron chi connectivity index (χ3n) is 2.36. The zero-order valence-electron chi connectivity index (χ0n) is 9.16. The van der Waals surface area contributed by atoms with Crippen LogP contribution in [0.4, 0.5) is 0 Å². The summed E-state index contributed by atoms with van der Waals surface area (Å²) >= 11 is 0. The fraction of sp³-hybridized carbons (Fsp3) is 0.700. The maximum absolute atomic E-state index is 11.4. The van der Waals surface area contributed by atoms with Crippen LogP contribution in [-0.4, -0.2) is 35.0 Å². The van der Waals surface area contributed by atoms with E-state index in [9.17, 15) is 14.4 Å². The Labute approximate surface area is 93.4 Å².